The van der Waals surface area contributed by atoms with Gasteiger partial charge in [0.15, 0.2) is 5.96 Å². The second-order valence-electron chi connectivity index (χ2n) is 3.51. The van der Waals surface area contributed by atoms with Crippen LogP contribution in [0.5, 0.6) is 0 Å². The minimum absolute atomic E-state index is 0.162. The molecule has 0 unspecified atom stereocenters. The van der Waals surface area contributed by atoms with E-state index in [1.165, 1.54) is 6.92 Å². The number of ether oxygens (including phenoxy) is 1. The van der Waals surface area contributed by atoms with Gasteiger partial charge in [-0.05, 0) is 19.8 Å². The van der Waals surface area contributed by atoms with Gasteiger partial charge in [0.2, 0.25) is 0 Å². The van der Waals surface area contributed by atoms with Gasteiger partial charge in [0.25, 0.3) is 0 Å². The molecule has 0 rings (SSSR count). The Morgan fingerprint density at radius 2 is 2.06 bits per heavy atom. The number of nitrogens with two attached hydrogens (primary N) is 2. The van der Waals surface area contributed by atoms with E-state index in [0.717, 1.165) is 0 Å². The van der Waals surface area contributed by atoms with E-state index in [-0.39, 0.29) is 12.4 Å². The summed E-state index contributed by atoms with van der Waals surface area (Å²) in [5.74, 6) is -2.06. The highest BCUT2D eigenvalue weighted by molar-refractivity contribution is 5.89. The predicted molar refractivity (Wildman–Crippen MR) is 59.9 cm³/mol. The number of guanidine groups is 1. The number of carbonyl (C=O) groups is 2. The van der Waals surface area contributed by atoms with E-state index in [9.17, 15) is 9.59 Å². The van der Waals surface area contributed by atoms with Crippen LogP contribution in [0.4, 0.5) is 0 Å². The Morgan fingerprint density at radius 3 is 2.53 bits per heavy atom. The lowest BCUT2D eigenvalue weighted by Gasteiger charge is -2.11. The van der Waals surface area contributed by atoms with Gasteiger partial charge < -0.3 is 26.6 Å². The monoisotopic (exact) mass is 246 g/mol. The van der Waals surface area contributed by atoms with Crippen LogP contribution in [-0.4, -0.2) is 41.7 Å². The molecule has 0 saturated carbocycles. The lowest BCUT2D eigenvalue weighted by molar-refractivity contribution is -0.166. The van der Waals surface area contributed by atoms with E-state index in [1.54, 1.807) is 0 Å². The molecule has 0 heterocycles. The summed E-state index contributed by atoms with van der Waals surface area (Å²) < 4.78 is 4.31. The number of nitrogens with one attached hydrogen (secondary N) is 2. The van der Waals surface area contributed by atoms with Crippen molar-refractivity contribution in [2.24, 2.45) is 11.5 Å². The van der Waals surface area contributed by atoms with Crippen molar-refractivity contribution in [3.8, 4) is 0 Å². The molecule has 98 valence electrons. The Labute approximate surface area is 98.8 Å². The zero-order valence-corrected chi connectivity index (χ0v) is 9.60. The third kappa shape index (κ3) is 7.25. The highest BCUT2D eigenvalue weighted by Gasteiger charge is 2.20. The fourth-order valence-corrected chi connectivity index (χ4v) is 0.923. The van der Waals surface area contributed by atoms with Crippen LogP contribution in [0.3, 0.4) is 0 Å². The average molecular weight is 246 g/mol. The Balaban J connectivity index is 3.82. The maximum absolute atomic E-state index is 11.2. The lowest BCUT2D eigenvalue weighted by Crippen LogP contribution is -2.37. The van der Waals surface area contributed by atoms with Gasteiger partial charge in [0, 0.05) is 6.54 Å². The Hall–Kier alpha value is -1.67. The van der Waals surface area contributed by atoms with Gasteiger partial charge >= 0.3 is 11.9 Å². The largest absolute Gasteiger partial charge is 0.390 e. The zero-order chi connectivity index (χ0) is 13.4. The van der Waals surface area contributed by atoms with Crippen LogP contribution in [-0.2, 0) is 14.3 Å². The summed E-state index contributed by atoms with van der Waals surface area (Å²) in [6.45, 7) is 1.60. The van der Waals surface area contributed by atoms with Crippen molar-refractivity contribution in [3.05, 3.63) is 0 Å². The van der Waals surface area contributed by atoms with Crippen LogP contribution in [0.15, 0.2) is 0 Å². The number of carbonyl (C=O) groups excluding carboxylic acids is 2. The topological polar surface area (TPSA) is 152 Å². The number of hydrogen-bond acceptors (Lipinski definition) is 6. The molecule has 7 N–H and O–H groups in total. The third-order valence-corrected chi connectivity index (χ3v) is 1.85. The fourth-order valence-electron chi connectivity index (χ4n) is 0.923. The van der Waals surface area contributed by atoms with Gasteiger partial charge in [-0.1, -0.05) is 0 Å². The number of hydrogen-bond donors (Lipinski definition) is 5. The quantitative estimate of drug-likeness (QED) is 0.120. The molecule has 0 bridgehead atoms. The summed E-state index contributed by atoms with van der Waals surface area (Å²) in [5.41, 5.74) is 10.5. The molecule has 0 amide bonds. The molecule has 0 aliphatic heterocycles. The van der Waals surface area contributed by atoms with Crippen molar-refractivity contribution in [3.63, 3.8) is 0 Å². The third-order valence-electron chi connectivity index (χ3n) is 1.85. The summed E-state index contributed by atoms with van der Waals surface area (Å²) in [5, 5.41) is 18.2. The smallest absolute Gasteiger partial charge is 0.342 e. The molecule has 0 aliphatic carbocycles. The first-order valence-corrected chi connectivity index (χ1v) is 5.11. The summed E-state index contributed by atoms with van der Waals surface area (Å²) >= 11 is 0. The first-order chi connectivity index (χ1) is 7.84. The Kier molecular flexibility index (Phi) is 6.83. The van der Waals surface area contributed by atoms with Crippen molar-refractivity contribution >= 4 is 17.9 Å². The normalized spacial score (nSPS) is 13.6. The van der Waals surface area contributed by atoms with Crippen LogP contribution in [0.1, 0.15) is 19.8 Å². The van der Waals surface area contributed by atoms with Gasteiger partial charge in [0.1, 0.15) is 12.1 Å². The minimum Gasteiger partial charge on any atom is -0.390 e. The molecule has 8 nitrogen and oxygen atoms in total. The second-order valence-corrected chi connectivity index (χ2v) is 3.51. The Bertz CT molecular complexity index is 293. The molecule has 17 heavy (non-hydrogen) atoms. The van der Waals surface area contributed by atoms with E-state index < -0.39 is 24.1 Å². The van der Waals surface area contributed by atoms with Gasteiger partial charge in [-0.3, -0.25) is 5.41 Å². The van der Waals surface area contributed by atoms with Gasteiger partial charge in [0.05, 0.1) is 0 Å². The molecule has 2 atom stereocenters. The van der Waals surface area contributed by atoms with Crippen LogP contribution in [0, 0.1) is 5.41 Å². The van der Waals surface area contributed by atoms with Gasteiger partial charge in [-0.15, -0.1) is 0 Å². The van der Waals surface area contributed by atoms with Crippen molar-refractivity contribution < 1.29 is 19.4 Å². The van der Waals surface area contributed by atoms with E-state index in [2.05, 4.69) is 10.1 Å². The summed E-state index contributed by atoms with van der Waals surface area (Å²) in [7, 11) is 0. The SMILES string of the molecule is C[C@H](O)C(=O)OC(=O)[C@@H](N)CCCNC(=N)N. The second kappa shape index (κ2) is 7.58. The molecule has 8 heteroatoms. The summed E-state index contributed by atoms with van der Waals surface area (Å²) in [6, 6.07) is -0.938. The summed E-state index contributed by atoms with van der Waals surface area (Å²) in [6.07, 6.45) is -0.573. The minimum atomic E-state index is -1.36. The molecule has 0 aromatic rings. The molecular weight excluding hydrogens is 228 g/mol. The van der Waals surface area contributed by atoms with Crippen LogP contribution in [0.25, 0.3) is 0 Å². The average Bonchev–Trinajstić information content (AvgIpc) is 2.23. The molecule has 0 aliphatic rings. The van der Waals surface area contributed by atoms with Crippen molar-refractivity contribution in [2.75, 3.05) is 6.54 Å². The maximum atomic E-state index is 11.2. The first kappa shape index (κ1) is 15.3. The first-order valence-electron chi connectivity index (χ1n) is 5.11. The summed E-state index contributed by atoms with van der Waals surface area (Å²) in [4.78, 5) is 22.1. The molecule has 0 aromatic carbocycles. The highest BCUT2D eigenvalue weighted by Crippen LogP contribution is 1.98. The lowest BCUT2D eigenvalue weighted by atomic mass is 10.2. The molecule has 0 saturated heterocycles. The molecule has 0 spiro atoms. The number of rotatable bonds is 6. The van der Waals surface area contributed by atoms with E-state index in [0.29, 0.717) is 13.0 Å². The number of aliphatic hydroxyl groups is 1. The fraction of sp³-hybridized carbons (Fsp3) is 0.667. The maximum Gasteiger partial charge on any atom is 0.342 e. The Morgan fingerprint density at radius 1 is 1.47 bits per heavy atom. The standard InChI is InChI=1S/C9H18N4O4/c1-5(14)7(15)17-8(16)6(10)3-2-4-13-9(11)12/h5-6,14H,2-4,10H2,1H3,(H4,11,12,13)/t5-,6-/m0/s1. The predicted octanol–water partition coefficient (Wildman–Crippen LogP) is -1.97. The van der Waals surface area contributed by atoms with Gasteiger partial charge in [-0.25, -0.2) is 9.59 Å². The number of esters is 2. The van der Waals surface area contributed by atoms with Crippen molar-refractivity contribution in [2.45, 2.75) is 31.9 Å². The highest BCUT2D eigenvalue weighted by atomic mass is 16.6. The molecular formula is C9H18N4O4. The zero-order valence-electron chi connectivity index (χ0n) is 9.60. The molecule has 0 aromatic heterocycles. The molecule has 0 radical (unpaired) electrons. The van der Waals surface area contributed by atoms with Crippen LogP contribution >= 0.6 is 0 Å². The van der Waals surface area contributed by atoms with E-state index in [4.69, 9.17) is 22.0 Å². The van der Waals surface area contributed by atoms with E-state index in [1.807, 2.05) is 0 Å². The van der Waals surface area contributed by atoms with Crippen molar-refractivity contribution in [1.29, 1.82) is 5.41 Å². The van der Waals surface area contributed by atoms with Crippen LogP contribution < -0.4 is 16.8 Å². The van der Waals surface area contributed by atoms with Gasteiger partial charge in [-0.2, -0.15) is 0 Å². The molecule has 0 fully saturated rings. The van der Waals surface area contributed by atoms with Crippen molar-refractivity contribution in [1.82, 2.24) is 5.32 Å². The number of aliphatic hydroxyl groups excluding tert-OH is 1. The van der Waals surface area contributed by atoms with Crippen LogP contribution in [0.2, 0.25) is 0 Å². The van der Waals surface area contributed by atoms with E-state index >= 15 is 0 Å².